The van der Waals surface area contributed by atoms with Crippen LogP contribution in [0.4, 0.5) is 10.8 Å². The Labute approximate surface area is 126 Å². The van der Waals surface area contributed by atoms with E-state index >= 15 is 0 Å². The molecule has 0 unspecified atom stereocenters. The second kappa shape index (κ2) is 5.41. The first kappa shape index (κ1) is 13.4. The summed E-state index contributed by atoms with van der Waals surface area (Å²) in [5, 5.41) is 12.9. The monoisotopic (exact) mass is 298 g/mol. The molecule has 0 bridgehead atoms. The van der Waals surface area contributed by atoms with Gasteiger partial charge in [0.15, 0.2) is 11.0 Å². The molecule has 6 heteroatoms. The number of para-hydroxylation sites is 2. The lowest BCUT2D eigenvalue weighted by Gasteiger charge is -2.18. The third kappa shape index (κ3) is 2.41. The quantitative estimate of drug-likeness (QED) is 0.337. The number of hydrogen-bond acceptors (Lipinski definition) is 5. The molecular weight excluding hydrogens is 284 g/mol. The Bertz CT molecular complexity index is 779. The average molecular weight is 298 g/mol. The summed E-state index contributed by atoms with van der Waals surface area (Å²) >= 11 is 1.60. The fourth-order valence-electron chi connectivity index (χ4n) is 2.14. The number of hydrogen-bond donors (Lipinski definition) is 2. The molecule has 3 aromatic rings. The van der Waals surface area contributed by atoms with Crippen molar-refractivity contribution in [1.82, 2.24) is 4.98 Å². The molecule has 0 atom stereocenters. The first-order valence-electron chi connectivity index (χ1n) is 6.37. The lowest BCUT2D eigenvalue weighted by Crippen LogP contribution is -2.19. The van der Waals surface area contributed by atoms with Gasteiger partial charge in [-0.2, -0.15) is 0 Å². The van der Waals surface area contributed by atoms with Crippen LogP contribution >= 0.6 is 11.3 Å². The van der Waals surface area contributed by atoms with Gasteiger partial charge in [-0.1, -0.05) is 40.8 Å². The number of nitrogens with two attached hydrogens (primary N) is 1. The van der Waals surface area contributed by atoms with Gasteiger partial charge >= 0.3 is 0 Å². The molecular formula is C15H14N4OS. The van der Waals surface area contributed by atoms with E-state index in [0.717, 1.165) is 21.0 Å². The van der Waals surface area contributed by atoms with Crippen molar-refractivity contribution in [1.29, 1.82) is 0 Å². The molecule has 3 rings (SSSR count). The maximum absolute atomic E-state index is 8.91. The van der Waals surface area contributed by atoms with Crippen LogP contribution in [-0.4, -0.2) is 23.1 Å². The van der Waals surface area contributed by atoms with Crippen molar-refractivity contribution in [3.63, 3.8) is 0 Å². The van der Waals surface area contributed by atoms with E-state index in [9.17, 15) is 0 Å². The summed E-state index contributed by atoms with van der Waals surface area (Å²) in [4.78, 5) is 6.56. The minimum Gasteiger partial charge on any atom is -0.409 e. The molecule has 0 aliphatic carbocycles. The van der Waals surface area contributed by atoms with Gasteiger partial charge in [-0.25, -0.2) is 4.98 Å². The van der Waals surface area contributed by atoms with Crippen LogP contribution < -0.4 is 10.6 Å². The highest BCUT2D eigenvalue weighted by Gasteiger charge is 2.15. The number of thiazole rings is 1. The fraction of sp³-hybridized carbons (Fsp3) is 0.0667. The highest BCUT2D eigenvalue weighted by atomic mass is 32.1. The van der Waals surface area contributed by atoms with Crippen molar-refractivity contribution >= 4 is 38.2 Å². The molecule has 0 spiro atoms. The molecule has 0 aliphatic rings. The third-order valence-electron chi connectivity index (χ3n) is 3.22. The van der Waals surface area contributed by atoms with Crippen LogP contribution in [0.25, 0.3) is 10.2 Å². The number of rotatable bonds is 3. The zero-order chi connectivity index (χ0) is 14.8. The molecule has 0 fully saturated rings. The molecule has 5 nitrogen and oxygen atoms in total. The van der Waals surface area contributed by atoms with Crippen LogP contribution in [-0.2, 0) is 0 Å². The summed E-state index contributed by atoms with van der Waals surface area (Å²) in [5.41, 5.74) is 8.21. The Hall–Kier alpha value is -2.60. The summed E-state index contributed by atoms with van der Waals surface area (Å²) in [6.07, 6.45) is 0. The maximum Gasteiger partial charge on any atom is 0.190 e. The Morgan fingerprint density at radius 3 is 2.67 bits per heavy atom. The lowest BCUT2D eigenvalue weighted by molar-refractivity contribution is 0.318. The van der Waals surface area contributed by atoms with E-state index in [0.29, 0.717) is 5.56 Å². The molecule has 0 saturated heterocycles. The van der Waals surface area contributed by atoms with Gasteiger partial charge < -0.3 is 15.8 Å². The van der Waals surface area contributed by atoms with Crippen molar-refractivity contribution < 1.29 is 5.21 Å². The van der Waals surface area contributed by atoms with Gasteiger partial charge in [0.2, 0.25) is 0 Å². The minimum absolute atomic E-state index is 0.0820. The Kier molecular flexibility index (Phi) is 3.45. The molecule has 1 heterocycles. The van der Waals surface area contributed by atoms with Crippen molar-refractivity contribution in [2.45, 2.75) is 0 Å². The Morgan fingerprint density at radius 1 is 1.19 bits per heavy atom. The molecule has 0 radical (unpaired) electrons. The predicted octanol–water partition coefficient (Wildman–Crippen LogP) is 3.16. The molecule has 106 valence electrons. The Morgan fingerprint density at radius 2 is 1.90 bits per heavy atom. The molecule has 2 aromatic carbocycles. The number of anilines is 2. The summed E-state index contributed by atoms with van der Waals surface area (Å²) in [5.74, 6) is 0.0820. The van der Waals surface area contributed by atoms with E-state index in [4.69, 9.17) is 10.9 Å². The first-order valence-corrected chi connectivity index (χ1v) is 7.18. The normalized spacial score (nSPS) is 11.8. The van der Waals surface area contributed by atoms with Gasteiger partial charge in [0, 0.05) is 12.6 Å². The van der Waals surface area contributed by atoms with E-state index < -0.39 is 0 Å². The van der Waals surface area contributed by atoms with Gasteiger partial charge in [0.1, 0.15) is 0 Å². The molecule has 3 N–H and O–H groups in total. The van der Waals surface area contributed by atoms with Gasteiger partial charge in [0.05, 0.1) is 15.9 Å². The van der Waals surface area contributed by atoms with Gasteiger partial charge in [0.25, 0.3) is 0 Å². The SMILES string of the molecule is CN(c1nc2ccccc2s1)c1ccccc1/C(N)=N/O. The van der Waals surface area contributed by atoms with Gasteiger partial charge in [-0.15, -0.1) is 0 Å². The number of nitrogens with zero attached hydrogens (tertiary/aromatic N) is 3. The van der Waals surface area contributed by atoms with Crippen molar-refractivity contribution in [3.05, 3.63) is 54.1 Å². The van der Waals surface area contributed by atoms with Crippen molar-refractivity contribution in [3.8, 4) is 0 Å². The van der Waals surface area contributed by atoms with Gasteiger partial charge in [-0.05, 0) is 24.3 Å². The summed E-state index contributed by atoms with van der Waals surface area (Å²) in [6, 6.07) is 15.5. The van der Waals surface area contributed by atoms with E-state index in [2.05, 4.69) is 10.1 Å². The van der Waals surface area contributed by atoms with Crippen LogP contribution in [0.15, 0.2) is 53.7 Å². The third-order valence-corrected chi connectivity index (χ3v) is 4.33. The number of amidine groups is 1. The number of benzene rings is 2. The smallest absolute Gasteiger partial charge is 0.190 e. The number of aromatic nitrogens is 1. The van der Waals surface area contributed by atoms with Crippen LogP contribution in [0.5, 0.6) is 0 Å². The zero-order valence-corrected chi connectivity index (χ0v) is 12.2. The van der Waals surface area contributed by atoms with Crippen molar-refractivity contribution in [2.75, 3.05) is 11.9 Å². The zero-order valence-electron chi connectivity index (χ0n) is 11.4. The van der Waals surface area contributed by atoms with Crippen LogP contribution in [0.3, 0.4) is 0 Å². The van der Waals surface area contributed by atoms with E-state index in [1.54, 1.807) is 11.3 Å². The highest BCUT2D eigenvalue weighted by Crippen LogP contribution is 2.33. The standard InChI is InChI=1S/C15H14N4OS/c1-19(12-8-4-2-6-10(12)14(16)18-20)15-17-11-7-3-5-9-13(11)21-15/h2-9,20H,1H3,(H2,16,18). The largest absolute Gasteiger partial charge is 0.409 e. The molecule has 0 aliphatic heterocycles. The summed E-state index contributed by atoms with van der Waals surface area (Å²) in [7, 11) is 1.92. The summed E-state index contributed by atoms with van der Waals surface area (Å²) in [6.45, 7) is 0. The van der Waals surface area contributed by atoms with Crippen molar-refractivity contribution in [2.24, 2.45) is 10.9 Å². The minimum atomic E-state index is 0.0820. The molecule has 1 aromatic heterocycles. The fourth-order valence-corrected chi connectivity index (χ4v) is 3.08. The lowest BCUT2D eigenvalue weighted by atomic mass is 10.1. The maximum atomic E-state index is 8.91. The average Bonchev–Trinajstić information content (AvgIpc) is 2.97. The number of oxime groups is 1. The van der Waals surface area contributed by atoms with E-state index in [1.807, 2.05) is 60.5 Å². The molecule has 0 amide bonds. The second-order valence-electron chi connectivity index (χ2n) is 4.53. The van der Waals surface area contributed by atoms with Gasteiger partial charge in [-0.3, -0.25) is 0 Å². The molecule has 21 heavy (non-hydrogen) atoms. The first-order chi connectivity index (χ1) is 10.2. The van der Waals surface area contributed by atoms with Crippen LogP contribution in [0, 0.1) is 0 Å². The topological polar surface area (TPSA) is 74.7 Å². The summed E-state index contributed by atoms with van der Waals surface area (Å²) < 4.78 is 1.13. The van der Waals surface area contributed by atoms with Crippen LogP contribution in [0.2, 0.25) is 0 Å². The molecule has 0 saturated carbocycles. The predicted molar refractivity (Wildman–Crippen MR) is 86.6 cm³/mol. The Balaban J connectivity index is 2.08. The number of fused-ring (bicyclic) bond motifs is 1. The van der Waals surface area contributed by atoms with E-state index in [1.165, 1.54) is 0 Å². The highest BCUT2D eigenvalue weighted by molar-refractivity contribution is 7.22. The van der Waals surface area contributed by atoms with Crippen LogP contribution in [0.1, 0.15) is 5.56 Å². The second-order valence-corrected chi connectivity index (χ2v) is 5.53. The van der Waals surface area contributed by atoms with E-state index in [-0.39, 0.29) is 5.84 Å².